The van der Waals surface area contributed by atoms with E-state index in [2.05, 4.69) is 0 Å². The Morgan fingerprint density at radius 2 is 2.00 bits per heavy atom. The maximum absolute atomic E-state index is 8.85. The molecule has 12 heavy (non-hydrogen) atoms. The van der Waals surface area contributed by atoms with Crippen LogP contribution in [0.2, 0.25) is 0 Å². The molecule has 0 atom stereocenters. The molecule has 0 saturated heterocycles. The molecule has 0 aliphatic heterocycles. The predicted octanol–water partition coefficient (Wildman–Crippen LogP) is 2.14. The van der Waals surface area contributed by atoms with E-state index < -0.39 is 0 Å². The molecular weight excluding hydrogens is 154 g/mol. The molecule has 0 amide bonds. The lowest BCUT2D eigenvalue weighted by molar-refractivity contribution is 0.0287. The first-order chi connectivity index (χ1) is 5.65. The largest absolute Gasteiger partial charge is 0.264 e. The average molecular weight is 167 g/mol. The van der Waals surface area contributed by atoms with Gasteiger partial charge in [-0.2, -0.15) is 0 Å². The van der Waals surface area contributed by atoms with E-state index in [9.17, 15) is 0 Å². The summed E-state index contributed by atoms with van der Waals surface area (Å²) in [5.74, 6) is 0. The van der Waals surface area contributed by atoms with Crippen molar-refractivity contribution in [2.45, 2.75) is 20.3 Å². The van der Waals surface area contributed by atoms with Crippen LogP contribution < -0.4 is 5.23 Å². The Morgan fingerprint density at radius 1 is 1.33 bits per heavy atom. The Kier molecular flexibility index (Phi) is 2.68. The lowest BCUT2D eigenvalue weighted by atomic mass is 10.1. The van der Waals surface area contributed by atoms with E-state index in [-0.39, 0.29) is 5.23 Å². The fraction of sp³-hybridized carbons (Fsp3) is 0.333. The lowest BCUT2D eigenvalue weighted by Gasteiger charge is -2.12. The van der Waals surface area contributed by atoms with Crippen LogP contribution in [0, 0.1) is 6.92 Å². The highest BCUT2D eigenvalue weighted by Gasteiger charge is 2.04. The predicted molar refractivity (Wildman–Crippen MR) is 46.6 cm³/mol. The topological polar surface area (TPSA) is 43.7 Å². The van der Waals surface area contributed by atoms with Gasteiger partial charge in [0, 0.05) is 0 Å². The highest BCUT2D eigenvalue weighted by atomic mass is 16.8. The quantitative estimate of drug-likeness (QED) is 0.663. The van der Waals surface area contributed by atoms with E-state index in [1.807, 2.05) is 26.0 Å². The summed E-state index contributed by atoms with van der Waals surface area (Å²) in [6, 6.07) is 5.58. The van der Waals surface area contributed by atoms with Crippen LogP contribution in [0.15, 0.2) is 18.2 Å². The third kappa shape index (κ3) is 1.75. The summed E-state index contributed by atoms with van der Waals surface area (Å²) in [6.45, 7) is 3.88. The van der Waals surface area contributed by atoms with Crippen LogP contribution in [0.1, 0.15) is 18.1 Å². The van der Waals surface area contributed by atoms with Gasteiger partial charge in [-0.1, -0.05) is 19.1 Å². The molecule has 0 aliphatic carbocycles. The van der Waals surface area contributed by atoms with Crippen LogP contribution in [-0.2, 0) is 6.42 Å². The number of benzene rings is 1. The van der Waals surface area contributed by atoms with Crippen LogP contribution >= 0.6 is 0 Å². The van der Waals surface area contributed by atoms with Crippen molar-refractivity contribution in [1.29, 1.82) is 0 Å². The number of hydrogen-bond acceptors (Lipinski definition) is 3. The average Bonchev–Trinajstić information content (AvgIpc) is 2.04. The first kappa shape index (κ1) is 9.03. The van der Waals surface area contributed by atoms with E-state index >= 15 is 0 Å². The van der Waals surface area contributed by atoms with E-state index in [4.69, 9.17) is 10.4 Å². The molecule has 0 heterocycles. The highest BCUT2D eigenvalue weighted by molar-refractivity contribution is 5.51. The molecule has 0 radical (unpaired) electrons. The van der Waals surface area contributed by atoms with Crippen molar-refractivity contribution in [1.82, 2.24) is 0 Å². The first-order valence-electron chi connectivity index (χ1n) is 3.92. The Hall–Kier alpha value is -1.06. The summed E-state index contributed by atoms with van der Waals surface area (Å²) in [6.07, 6.45) is 0.785. The van der Waals surface area contributed by atoms with Gasteiger partial charge in [-0.25, -0.2) is 0 Å². The maximum Gasteiger partial charge on any atom is 0.0977 e. The van der Waals surface area contributed by atoms with Crippen molar-refractivity contribution >= 4 is 5.69 Å². The lowest BCUT2D eigenvalue weighted by Crippen LogP contribution is -2.13. The van der Waals surface area contributed by atoms with Crippen LogP contribution in [0.5, 0.6) is 0 Å². The van der Waals surface area contributed by atoms with E-state index in [1.54, 1.807) is 6.07 Å². The van der Waals surface area contributed by atoms with Crippen molar-refractivity contribution in [3.8, 4) is 0 Å². The second-order valence-corrected chi connectivity index (χ2v) is 2.78. The van der Waals surface area contributed by atoms with E-state index in [0.717, 1.165) is 17.5 Å². The molecule has 1 aromatic rings. The molecule has 0 spiro atoms. The third-order valence-corrected chi connectivity index (χ3v) is 1.84. The van der Waals surface area contributed by atoms with Crippen LogP contribution in [0.25, 0.3) is 0 Å². The monoisotopic (exact) mass is 167 g/mol. The maximum atomic E-state index is 8.85. The molecule has 3 nitrogen and oxygen atoms in total. The highest BCUT2D eigenvalue weighted by Crippen LogP contribution is 2.19. The molecule has 0 saturated carbocycles. The van der Waals surface area contributed by atoms with Gasteiger partial charge in [0.05, 0.1) is 5.69 Å². The van der Waals surface area contributed by atoms with Crippen LogP contribution in [0.3, 0.4) is 0 Å². The van der Waals surface area contributed by atoms with Gasteiger partial charge in [0.25, 0.3) is 0 Å². The summed E-state index contributed by atoms with van der Waals surface area (Å²) >= 11 is 0. The molecule has 0 aromatic heterocycles. The fourth-order valence-corrected chi connectivity index (χ4v) is 1.16. The molecule has 0 aliphatic rings. The summed E-state index contributed by atoms with van der Waals surface area (Å²) in [5, 5.41) is 17.9. The number of anilines is 1. The third-order valence-electron chi connectivity index (χ3n) is 1.84. The molecule has 1 aromatic carbocycles. The number of hydrogen-bond donors (Lipinski definition) is 2. The molecule has 0 bridgehead atoms. The Morgan fingerprint density at radius 3 is 2.50 bits per heavy atom. The summed E-state index contributed by atoms with van der Waals surface area (Å²) < 4.78 is 0. The van der Waals surface area contributed by atoms with E-state index in [0.29, 0.717) is 5.69 Å². The summed E-state index contributed by atoms with van der Waals surface area (Å²) in [7, 11) is 0. The van der Waals surface area contributed by atoms with Crippen LogP contribution in [-0.4, -0.2) is 10.4 Å². The van der Waals surface area contributed by atoms with Gasteiger partial charge in [0.2, 0.25) is 0 Å². The minimum absolute atomic E-state index is 0.172. The van der Waals surface area contributed by atoms with Gasteiger partial charge in [0.15, 0.2) is 0 Å². The van der Waals surface area contributed by atoms with Gasteiger partial charge in [0.1, 0.15) is 0 Å². The van der Waals surface area contributed by atoms with Gasteiger partial charge < -0.3 is 0 Å². The number of rotatable bonds is 2. The summed E-state index contributed by atoms with van der Waals surface area (Å²) in [5.41, 5.74) is 2.39. The zero-order valence-electron chi connectivity index (χ0n) is 7.28. The Bertz CT molecular complexity index is 271. The van der Waals surface area contributed by atoms with Gasteiger partial charge in [-0.15, -0.1) is 5.23 Å². The minimum Gasteiger partial charge on any atom is -0.264 e. The van der Waals surface area contributed by atoms with Crippen molar-refractivity contribution in [2.24, 2.45) is 0 Å². The smallest absolute Gasteiger partial charge is 0.0977 e. The molecule has 0 unspecified atom stereocenters. The van der Waals surface area contributed by atoms with Gasteiger partial charge >= 0.3 is 0 Å². The molecule has 2 N–H and O–H groups in total. The van der Waals surface area contributed by atoms with Crippen molar-refractivity contribution < 1.29 is 10.4 Å². The Labute approximate surface area is 71.8 Å². The Balaban J connectivity index is 3.12. The minimum atomic E-state index is 0.172. The molecule has 1 rings (SSSR count). The SMILES string of the molecule is CCc1ccc(C)cc1N(O)O. The second kappa shape index (κ2) is 3.56. The normalized spacial score (nSPS) is 10.0. The van der Waals surface area contributed by atoms with Gasteiger partial charge in [-0.05, 0) is 30.5 Å². The second-order valence-electron chi connectivity index (χ2n) is 2.78. The molecule has 66 valence electrons. The van der Waals surface area contributed by atoms with Crippen molar-refractivity contribution in [3.05, 3.63) is 29.3 Å². The summed E-state index contributed by atoms with van der Waals surface area (Å²) in [4.78, 5) is 0. The number of aryl methyl sites for hydroxylation is 2. The zero-order chi connectivity index (χ0) is 9.14. The number of nitrogens with zero attached hydrogens (tertiary/aromatic N) is 1. The van der Waals surface area contributed by atoms with E-state index in [1.165, 1.54) is 0 Å². The first-order valence-corrected chi connectivity index (χ1v) is 3.92. The van der Waals surface area contributed by atoms with Crippen molar-refractivity contribution in [3.63, 3.8) is 0 Å². The van der Waals surface area contributed by atoms with Crippen molar-refractivity contribution in [2.75, 3.05) is 5.23 Å². The standard InChI is InChI=1S/C9H13NO2/c1-3-8-5-4-7(2)6-9(8)10(11)12/h4-6,11-12H,3H2,1-2H3. The van der Waals surface area contributed by atoms with Gasteiger partial charge in [-0.3, -0.25) is 10.4 Å². The molecule has 0 fully saturated rings. The zero-order valence-corrected chi connectivity index (χ0v) is 7.28. The van der Waals surface area contributed by atoms with Crippen LogP contribution in [0.4, 0.5) is 5.69 Å². The molecular formula is C9H13NO2. The molecule has 3 heteroatoms. The fourth-order valence-electron chi connectivity index (χ4n) is 1.16.